The third-order valence-corrected chi connectivity index (χ3v) is 4.46. The minimum absolute atomic E-state index is 0.750. The molecule has 1 saturated heterocycles. The van der Waals surface area contributed by atoms with Crippen molar-refractivity contribution in [2.24, 2.45) is 11.8 Å². The molecule has 0 bridgehead atoms. The molecule has 1 unspecified atom stereocenters. The van der Waals surface area contributed by atoms with Crippen molar-refractivity contribution in [2.45, 2.75) is 20.3 Å². The highest BCUT2D eigenvalue weighted by molar-refractivity contribution is 9.10. The van der Waals surface area contributed by atoms with E-state index in [1.165, 1.54) is 12.1 Å². The summed E-state index contributed by atoms with van der Waals surface area (Å²) in [6.45, 7) is 6.89. The molecule has 4 heteroatoms. The zero-order chi connectivity index (χ0) is 13.4. The van der Waals surface area contributed by atoms with Gasteiger partial charge in [0.05, 0.1) is 11.2 Å². The first-order chi connectivity index (χ1) is 9.15. The van der Waals surface area contributed by atoms with Gasteiger partial charge < -0.3 is 4.90 Å². The quantitative estimate of drug-likeness (QED) is 0.841. The van der Waals surface area contributed by atoms with Gasteiger partial charge in [-0.05, 0) is 46.3 Å². The Kier molecular flexibility index (Phi) is 3.44. The maximum absolute atomic E-state index is 4.54. The van der Waals surface area contributed by atoms with E-state index in [2.05, 4.69) is 50.7 Å². The second-order valence-corrected chi connectivity index (χ2v) is 6.51. The average molecular weight is 320 g/mol. The summed E-state index contributed by atoms with van der Waals surface area (Å²) >= 11 is 3.45. The van der Waals surface area contributed by atoms with Crippen LogP contribution in [0.25, 0.3) is 11.0 Å². The van der Waals surface area contributed by atoms with Gasteiger partial charge in [-0.1, -0.05) is 13.8 Å². The number of nitrogens with zero attached hydrogens (tertiary/aromatic N) is 3. The second kappa shape index (κ2) is 5.08. The zero-order valence-corrected chi connectivity index (χ0v) is 12.9. The van der Waals surface area contributed by atoms with Gasteiger partial charge in [0.1, 0.15) is 5.52 Å². The van der Waals surface area contributed by atoms with Crippen molar-refractivity contribution in [3.8, 4) is 0 Å². The van der Waals surface area contributed by atoms with Crippen molar-refractivity contribution in [1.82, 2.24) is 9.97 Å². The van der Waals surface area contributed by atoms with Gasteiger partial charge in [0.25, 0.3) is 0 Å². The van der Waals surface area contributed by atoms with Gasteiger partial charge in [-0.25, -0.2) is 0 Å². The molecule has 1 atom stereocenters. The Balaban J connectivity index is 1.97. The summed E-state index contributed by atoms with van der Waals surface area (Å²) in [7, 11) is 0. The number of pyridine rings is 2. The van der Waals surface area contributed by atoms with Crippen LogP contribution in [0.3, 0.4) is 0 Å². The van der Waals surface area contributed by atoms with Crippen LogP contribution in [0.15, 0.2) is 29.0 Å². The van der Waals surface area contributed by atoms with Crippen LogP contribution in [-0.4, -0.2) is 23.1 Å². The Bertz CT molecular complexity index is 597. The smallest absolute Gasteiger partial charge is 0.112 e. The molecule has 1 aliphatic rings. The number of hydrogen-bond acceptors (Lipinski definition) is 3. The molecule has 0 N–H and O–H groups in total. The molecule has 0 radical (unpaired) electrons. The molecule has 19 heavy (non-hydrogen) atoms. The monoisotopic (exact) mass is 319 g/mol. The topological polar surface area (TPSA) is 29.0 Å². The first-order valence-electron chi connectivity index (χ1n) is 6.80. The van der Waals surface area contributed by atoms with Gasteiger partial charge in [0.15, 0.2) is 0 Å². The van der Waals surface area contributed by atoms with Crippen LogP contribution in [0.5, 0.6) is 0 Å². The van der Waals surface area contributed by atoms with Gasteiger partial charge in [0, 0.05) is 30.0 Å². The van der Waals surface area contributed by atoms with E-state index >= 15 is 0 Å². The van der Waals surface area contributed by atoms with Crippen LogP contribution in [0, 0.1) is 11.8 Å². The van der Waals surface area contributed by atoms with Gasteiger partial charge in [0.2, 0.25) is 0 Å². The summed E-state index contributed by atoms with van der Waals surface area (Å²) in [5.74, 6) is 1.54. The van der Waals surface area contributed by atoms with E-state index in [9.17, 15) is 0 Å². The molecule has 3 rings (SSSR count). The van der Waals surface area contributed by atoms with Crippen molar-refractivity contribution in [1.29, 1.82) is 0 Å². The molecule has 0 aliphatic carbocycles. The molecule has 1 aliphatic heterocycles. The number of aromatic nitrogens is 2. The van der Waals surface area contributed by atoms with E-state index in [0.29, 0.717) is 0 Å². The fourth-order valence-electron chi connectivity index (χ4n) is 2.80. The van der Waals surface area contributed by atoms with Crippen LogP contribution in [0.1, 0.15) is 20.3 Å². The highest BCUT2D eigenvalue weighted by atomic mass is 79.9. The van der Waals surface area contributed by atoms with E-state index in [-0.39, 0.29) is 0 Å². The maximum Gasteiger partial charge on any atom is 0.112 e. The SMILES string of the molecule is CC(C)C1CCN(c2ccnc3cc(Br)cnc23)C1. The van der Waals surface area contributed by atoms with Gasteiger partial charge in [-0.3, -0.25) is 9.97 Å². The Morgan fingerprint density at radius 2 is 2.21 bits per heavy atom. The number of halogens is 1. The van der Waals surface area contributed by atoms with Crippen LogP contribution in [0.2, 0.25) is 0 Å². The minimum atomic E-state index is 0.750. The maximum atomic E-state index is 4.54. The molecule has 3 heterocycles. The lowest BCUT2D eigenvalue weighted by atomic mass is 9.95. The van der Waals surface area contributed by atoms with E-state index < -0.39 is 0 Å². The Hall–Kier alpha value is -1.16. The van der Waals surface area contributed by atoms with Crippen molar-refractivity contribution < 1.29 is 0 Å². The predicted molar refractivity (Wildman–Crippen MR) is 82.4 cm³/mol. The molecule has 2 aromatic heterocycles. The highest BCUT2D eigenvalue weighted by Crippen LogP contribution is 2.32. The van der Waals surface area contributed by atoms with Crippen molar-refractivity contribution >= 4 is 32.7 Å². The number of rotatable bonds is 2. The average Bonchev–Trinajstić information content (AvgIpc) is 2.87. The van der Waals surface area contributed by atoms with Crippen LogP contribution in [0.4, 0.5) is 5.69 Å². The van der Waals surface area contributed by atoms with Crippen LogP contribution < -0.4 is 4.90 Å². The van der Waals surface area contributed by atoms with Crippen molar-refractivity contribution in [2.75, 3.05) is 18.0 Å². The molecule has 0 saturated carbocycles. The van der Waals surface area contributed by atoms with Gasteiger partial charge in [-0.2, -0.15) is 0 Å². The lowest BCUT2D eigenvalue weighted by Gasteiger charge is -2.21. The van der Waals surface area contributed by atoms with E-state index in [0.717, 1.165) is 40.4 Å². The Morgan fingerprint density at radius 3 is 2.95 bits per heavy atom. The summed E-state index contributed by atoms with van der Waals surface area (Å²) in [5.41, 5.74) is 3.19. The normalized spacial score (nSPS) is 19.6. The van der Waals surface area contributed by atoms with Crippen LogP contribution >= 0.6 is 15.9 Å². The third-order valence-electron chi connectivity index (χ3n) is 4.03. The summed E-state index contributed by atoms with van der Waals surface area (Å²) in [5, 5.41) is 0. The molecule has 1 fully saturated rings. The van der Waals surface area contributed by atoms with Gasteiger partial charge >= 0.3 is 0 Å². The lowest BCUT2D eigenvalue weighted by molar-refractivity contribution is 0.423. The van der Waals surface area contributed by atoms with E-state index in [1.54, 1.807) is 0 Å². The number of fused-ring (bicyclic) bond motifs is 1. The van der Waals surface area contributed by atoms with Crippen molar-refractivity contribution in [3.63, 3.8) is 0 Å². The predicted octanol–water partition coefficient (Wildman–Crippen LogP) is 3.87. The van der Waals surface area contributed by atoms with Crippen LogP contribution in [-0.2, 0) is 0 Å². The lowest BCUT2D eigenvalue weighted by Crippen LogP contribution is -2.21. The first-order valence-corrected chi connectivity index (χ1v) is 7.59. The number of hydrogen-bond donors (Lipinski definition) is 0. The van der Waals surface area contributed by atoms with E-state index in [4.69, 9.17) is 0 Å². The molecule has 2 aromatic rings. The highest BCUT2D eigenvalue weighted by Gasteiger charge is 2.26. The first kappa shape index (κ1) is 12.9. The molecule has 3 nitrogen and oxygen atoms in total. The second-order valence-electron chi connectivity index (χ2n) is 5.59. The minimum Gasteiger partial charge on any atom is -0.369 e. The molecule has 0 aromatic carbocycles. The molecular formula is C15H18BrN3. The fraction of sp³-hybridized carbons (Fsp3) is 0.467. The van der Waals surface area contributed by atoms with Crippen molar-refractivity contribution in [3.05, 3.63) is 29.0 Å². The summed E-state index contributed by atoms with van der Waals surface area (Å²) in [4.78, 5) is 11.4. The fourth-order valence-corrected chi connectivity index (χ4v) is 3.12. The number of anilines is 1. The molecule has 0 amide bonds. The molecule has 0 spiro atoms. The standard InChI is InChI=1S/C15H18BrN3/c1-10(2)11-4-6-19(9-11)14-3-5-17-13-7-12(16)8-18-15(13)14/h3,5,7-8,10-11H,4,6,9H2,1-2H3. The Labute approximate surface area is 122 Å². The largest absolute Gasteiger partial charge is 0.369 e. The summed E-state index contributed by atoms with van der Waals surface area (Å²) in [6.07, 6.45) is 5.01. The molecular weight excluding hydrogens is 302 g/mol. The Morgan fingerprint density at radius 1 is 1.37 bits per heavy atom. The van der Waals surface area contributed by atoms with Gasteiger partial charge in [-0.15, -0.1) is 0 Å². The molecule has 100 valence electrons. The summed E-state index contributed by atoms with van der Waals surface area (Å²) in [6, 6.07) is 4.12. The zero-order valence-electron chi connectivity index (χ0n) is 11.3. The van der Waals surface area contributed by atoms with E-state index in [1.807, 2.05) is 18.5 Å². The third kappa shape index (κ3) is 2.46. The summed E-state index contributed by atoms with van der Waals surface area (Å²) < 4.78 is 0.978.